The van der Waals surface area contributed by atoms with Crippen molar-refractivity contribution in [3.8, 4) is 17.2 Å². The molecule has 5 heterocycles. The zero-order valence-corrected chi connectivity index (χ0v) is 33.4. The third kappa shape index (κ3) is 4.14. The highest BCUT2D eigenvalue weighted by Crippen LogP contribution is 2.62. The first kappa shape index (κ1) is 33.3. The molecule has 14 rings (SSSR count). The van der Waals surface area contributed by atoms with Crippen LogP contribution in [0.15, 0.2) is 203 Å². The van der Waals surface area contributed by atoms with Crippen LogP contribution >= 0.6 is 7.14 Å². The van der Waals surface area contributed by atoms with Gasteiger partial charge < -0.3 is 22.7 Å². The van der Waals surface area contributed by atoms with Crippen LogP contribution in [0.2, 0.25) is 0 Å². The fourth-order valence-corrected chi connectivity index (χ4v) is 14.0. The lowest BCUT2D eigenvalue weighted by Gasteiger charge is -2.47. The highest BCUT2D eigenvalue weighted by atomic mass is 31.2. The molecular formula is C55H32NO4P. The number of aromatic nitrogens is 1. The summed E-state index contributed by atoms with van der Waals surface area (Å²) in [5.41, 5.74) is 9.24. The lowest BCUT2D eigenvalue weighted by Crippen LogP contribution is -2.48. The van der Waals surface area contributed by atoms with Crippen molar-refractivity contribution in [2.45, 2.75) is 5.41 Å². The van der Waals surface area contributed by atoms with Crippen LogP contribution in [0, 0.1) is 0 Å². The maximum absolute atomic E-state index is 16.5. The van der Waals surface area contributed by atoms with Crippen molar-refractivity contribution in [3.05, 3.63) is 216 Å². The molecule has 61 heavy (non-hydrogen) atoms. The number of nitrogens with zero attached hydrogens (tertiary/aromatic N) is 1. The Labute approximate surface area is 349 Å². The minimum atomic E-state index is -3.47. The van der Waals surface area contributed by atoms with Gasteiger partial charge in [-0.25, -0.2) is 0 Å². The third-order valence-corrected chi connectivity index (χ3v) is 16.5. The highest BCUT2D eigenvalue weighted by molar-refractivity contribution is 7.85. The average molecular weight is 802 g/mol. The summed E-state index contributed by atoms with van der Waals surface area (Å²) in [6.45, 7) is 0. The second kappa shape index (κ2) is 11.8. The molecule has 0 saturated carbocycles. The number of para-hydroxylation sites is 4. The standard InChI is InChI=1S/C55H32NO4P/c57-61(34-14-2-1-3-15-34)51-25-13-8-20-43(51)55(44-31-40-37-18-6-10-22-46(37)58-49(40)32-52(44)61)41-19-7-12-24-48(41)59-50-30-33(26-29-42(50)55)56-45-21-9-4-16-35(45)38-27-28-39-36-17-5-11-23-47(36)60-54(39)53(38)56/h1-32H. The van der Waals surface area contributed by atoms with Gasteiger partial charge in [-0.1, -0.05) is 140 Å². The third-order valence-electron chi connectivity index (χ3n) is 13.3. The normalized spacial score (nSPS) is 17.8. The van der Waals surface area contributed by atoms with Crippen molar-refractivity contribution in [2.75, 3.05) is 0 Å². The first-order valence-electron chi connectivity index (χ1n) is 20.6. The maximum atomic E-state index is 16.5. The molecule has 12 aromatic rings. The summed E-state index contributed by atoms with van der Waals surface area (Å²) in [6.07, 6.45) is 0. The van der Waals surface area contributed by atoms with Gasteiger partial charge in [-0.2, -0.15) is 0 Å². The molecule has 286 valence electrons. The molecule has 6 heteroatoms. The van der Waals surface area contributed by atoms with Crippen molar-refractivity contribution in [1.29, 1.82) is 0 Å². The Morgan fingerprint density at radius 3 is 1.93 bits per heavy atom. The van der Waals surface area contributed by atoms with Crippen molar-refractivity contribution < 1.29 is 18.1 Å². The van der Waals surface area contributed by atoms with Gasteiger partial charge in [-0.3, -0.25) is 0 Å². The van der Waals surface area contributed by atoms with E-state index in [4.69, 9.17) is 13.6 Å². The molecule has 0 bridgehead atoms. The fourth-order valence-electron chi connectivity index (χ4n) is 10.8. The minimum absolute atomic E-state index is 0.713. The summed E-state index contributed by atoms with van der Waals surface area (Å²) in [6, 6.07) is 67.0. The summed E-state index contributed by atoms with van der Waals surface area (Å²) >= 11 is 0. The van der Waals surface area contributed by atoms with Crippen LogP contribution in [0.4, 0.5) is 0 Å². The highest BCUT2D eigenvalue weighted by Gasteiger charge is 2.55. The predicted octanol–water partition coefficient (Wildman–Crippen LogP) is 13.0. The quantitative estimate of drug-likeness (QED) is 0.163. The van der Waals surface area contributed by atoms with Crippen LogP contribution in [0.1, 0.15) is 22.3 Å². The van der Waals surface area contributed by atoms with E-state index in [1.807, 2.05) is 72.8 Å². The van der Waals surface area contributed by atoms with Gasteiger partial charge in [0.1, 0.15) is 28.2 Å². The van der Waals surface area contributed by atoms with Gasteiger partial charge in [0.15, 0.2) is 12.7 Å². The smallest absolute Gasteiger partial charge is 0.171 e. The van der Waals surface area contributed by atoms with Gasteiger partial charge in [0.25, 0.3) is 0 Å². The molecule has 0 saturated heterocycles. The number of hydrogen-bond acceptors (Lipinski definition) is 4. The zero-order chi connectivity index (χ0) is 40.0. The summed E-state index contributed by atoms with van der Waals surface area (Å²) < 4.78 is 39.2. The first-order valence-corrected chi connectivity index (χ1v) is 22.3. The molecule has 9 aromatic carbocycles. The van der Waals surface area contributed by atoms with E-state index in [1.165, 1.54) is 0 Å². The molecule has 0 fully saturated rings. The molecule has 0 aliphatic carbocycles. The second-order valence-electron chi connectivity index (χ2n) is 16.2. The Balaban J connectivity index is 1.12. The van der Waals surface area contributed by atoms with Crippen LogP contribution < -0.4 is 20.7 Å². The van der Waals surface area contributed by atoms with Gasteiger partial charge >= 0.3 is 0 Å². The molecule has 2 aliphatic heterocycles. The van der Waals surface area contributed by atoms with E-state index >= 15 is 4.57 Å². The lowest BCUT2D eigenvalue weighted by molar-refractivity contribution is 0.435. The second-order valence-corrected chi connectivity index (χ2v) is 18.9. The van der Waals surface area contributed by atoms with E-state index in [-0.39, 0.29) is 0 Å². The van der Waals surface area contributed by atoms with Gasteiger partial charge in [-0.15, -0.1) is 0 Å². The monoisotopic (exact) mass is 801 g/mol. The van der Waals surface area contributed by atoms with Crippen LogP contribution in [0.25, 0.3) is 71.4 Å². The molecule has 2 unspecified atom stereocenters. The Bertz CT molecular complexity index is 3910. The topological polar surface area (TPSA) is 57.5 Å². The molecular weight excluding hydrogens is 770 g/mol. The van der Waals surface area contributed by atoms with Crippen LogP contribution in [0.3, 0.4) is 0 Å². The van der Waals surface area contributed by atoms with Crippen molar-refractivity contribution in [1.82, 2.24) is 4.57 Å². The fraction of sp³-hybridized carbons (Fsp3) is 0.0182. The van der Waals surface area contributed by atoms with Crippen molar-refractivity contribution >= 4 is 88.7 Å². The number of fused-ring (bicyclic) bond motifs is 18. The number of hydrogen-bond donors (Lipinski definition) is 0. The Morgan fingerprint density at radius 2 is 1.08 bits per heavy atom. The summed E-state index contributed by atoms with van der Waals surface area (Å²) in [4.78, 5) is 0. The van der Waals surface area contributed by atoms with Crippen LogP contribution in [0.5, 0.6) is 11.5 Å². The van der Waals surface area contributed by atoms with Gasteiger partial charge in [0.05, 0.1) is 22.1 Å². The number of rotatable bonds is 2. The van der Waals surface area contributed by atoms with E-state index in [2.05, 4.69) is 126 Å². The minimum Gasteiger partial charge on any atom is -0.457 e. The zero-order valence-electron chi connectivity index (χ0n) is 32.5. The van der Waals surface area contributed by atoms with E-state index in [1.54, 1.807) is 0 Å². The number of benzene rings is 9. The summed E-state index contributed by atoms with van der Waals surface area (Å²) in [5, 5.41) is 8.78. The molecule has 2 aliphatic rings. The Hall–Kier alpha value is -7.59. The number of ether oxygens (including phenoxy) is 1. The first-order chi connectivity index (χ1) is 30.1. The molecule has 0 amide bonds. The summed E-state index contributed by atoms with van der Waals surface area (Å²) in [7, 11) is -3.47. The van der Waals surface area contributed by atoms with Gasteiger partial charge in [0, 0.05) is 65.4 Å². The molecule has 3 aromatic heterocycles. The maximum Gasteiger partial charge on any atom is 0.171 e. The van der Waals surface area contributed by atoms with Crippen LogP contribution in [-0.4, -0.2) is 4.57 Å². The SMILES string of the molecule is O=P1(c2ccccc2)c2ccccc2C2(c3ccccc3Oc3cc(-n4c5ccccc5c5ccc6c7ccccc7oc6c54)ccc32)c2cc3c(cc21)oc1ccccc13. The molecule has 2 atom stereocenters. The predicted molar refractivity (Wildman–Crippen MR) is 247 cm³/mol. The molecule has 1 spiro atoms. The van der Waals surface area contributed by atoms with Crippen LogP contribution in [-0.2, 0) is 9.98 Å². The molecule has 0 radical (unpaired) electrons. The molecule has 0 N–H and O–H groups in total. The summed E-state index contributed by atoms with van der Waals surface area (Å²) in [5.74, 6) is 1.48. The van der Waals surface area contributed by atoms with Gasteiger partial charge in [0.2, 0.25) is 0 Å². The van der Waals surface area contributed by atoms with E-state index in [0.29, 0.717) is 5.58 Å². The Kier molecular flexibility index (Phi) is 6.43. The lowest BCUT2D eigenvalue weighted by atomic mass is 9.63. The largest absolute Gasteiger partial charge is 0.457 e. The van der Waals surface area contributed by atoms with E-state index in [9.17, 15) is 0 Å². The van der Waals surface area contributed by atoms with E-state index < -0.39 is 12.6 Å². The van der Waals surface area contributed by atoms with E-state index in [0.717, 1.165) is 115 Å². The molecule has 5 nitrogen and oxygen atoms in total. The average Bonchev–Trinajstić information content (AvgIpc) is 3.99. The van der Waals surface area contributed by atoms with Crippen molar-refractivity contribution in [3.63, 3.8) is 0 Å². The Morgan fingerprint density at radius 1 is 0.426 bits per heavy atom. The van der Waals surface area contributed by atoms with Gasteiger partial charge in [-0.05, 0) is 59.7 Å². The number of furan rings is 2. The van der Waals surface area contributed by atoms with Crippen molar-refractivity contribution in [2.24, 2.45) is 0 Å².